The van der Waals surface area contributed by atoms with E-state index in [2.05, 4.69) is 48.6 Å². The molecule has 1 N–H and O–H groups in total. The van der Waals surface area contributed by atoms with E-state index < -0.39 is 0 Å². The Labute approximate surface area is 125 Å². The molecule has 0 aromatic heterocycles. The number of methoxy groups -OCH3 is 1. The minimum atomic E-state index is 0.804. The summed E-state index contributed by atoms with van der Waals surface area (Å²) in [5.74, 6) is 0.886. The van der Waals surface area contributed by atoms with Crippen LogP contribution < -0.4 is 10.1 Å². The van der Waals surface area contributed by atoms with Gasteiger partial charge in [-0.2, -0.15) is 0 Å². The van der Waals surface area contributed by atoms with Crippen LogP contribution in [0.25, 0.3) is 0 Å². The lowest BCUT2D eigenvalue weighted by Gasteiger charge is -2.09. The SMILES string of the molecule is COc1ccc(CCNC(=S)c2ccc(C)cc2)cc1. The highest BCUT2D eigenvalue weighted by Crippen LogP contribution is 2.11. The number of aryl methyl sites for hydroxylation is 1. The van der Waals surface area contributed by atoms with E-state index in [4.69, 9.17) is 17.0 Å². The van der Waals surface area contributed by atoms with Gasteiger partial charge < -0.3 is 10.1 Å². The van der Waals surface area contributed by atoms with Gasteiger partial charge in [0.2, 0.25) is 0 Å². The van der Waals surface area contributed by atoms with Gasteiger partial charge in [-0.05, 0) is 31.0 Å². The molecule has 2 rings (SSSR count). The molecule has 0 fully saturated rings. The van der Waals surface area contributed by atoms with E-state index >= 15 is 0 Å². The molecule has 0 amide bonds. The summed E-state index contributed by atoms with van der Waals surface area (Å²) in [4.78, 5) is 0.804. The van der Waals surface area contributed by atoms with Crippen LogP contribution in [0.2, 0.25) is 0 Å². The third kappa shape index (κ3) is 4.07. The van der Waals surface area contributed by atoms with E-state index in [1.165, 1.54) is 11.1 Å². The lowest BCUT2D eigenvalue weighted by atomic mass is 10.1. The predicted octanol–water partition coefficient (Wildman–Crippen LogP) is 3.51. The maximum absolute atomic E-state index is 5.39. The molecular weight excluding hydrogens is 266 g/mol. The van der Waals surface area contributed by atoms with E-state index in [1.54, 1.807) is 7.11 Å². The molecule has 3 heteroatoms. The fourth-order valence-corrected chi connectivity index (χ4v) is 2.16. The summed E-state index contributed by atoms with van der Waals surface area (Å²) in [7, 11) is 1.68. The summed E-state index contributed by atoms with van der Waals surface area (Å²) in [6, 6.07) is 16.4. The molecule has 0 bridgehead atoms. The molecule has 20 heavy (non-hydrogen) atoms. The van der Waals surface area contributed by atoms with Gasteiger partial charge in [0.05, 0.1) is 7.11 Å². The number of thiocarbonyl (C=S) groups is 1. The van der Waals surface area contributed by atoms with E-state index in [0.29, 0.717) is 0 Å². The molecule has 0 aliphatic rings. The number of benzene rings is 2. The highest BCUT2D eigenvalue weighted by Gasteiger charge is 2.00. The van der Waals surface area contributed by atoms with Crippen molar-refractivity contribution < 1.29 is 4.74 Å². The third-order valence-electron chi connectivity index (χ3n) is 3.17. The second kappa shape index (κ2) is 7.06. The van der Waals surface area contributed by atoms with E-state index in [9.17, 15) is 0 Å². The molecule has 0 aliphatic heterocycles. The van der Waals surface area contributed by atoms with Gasteiger partial charge in [0, 0.05) is 12.1 Å². The summed E-state index contributed by atoms with van der Waals surface area (Å²) in [6.45, 7) is 2.91. The molecule has 2 aromatic rings. The smallest absolute Gasteiger partial charge is 0.118 e. The zero-order valence-electron chi connectivity index (χ0n) is 11.8. The molecular formula is C17H19NOS. The first-order valence-electron chi connectivity index (χ1n) is 6.67. The van der Waals surface area contributed by atoms with Crippen molar-refractivity contribution in [2.24, 2.45) is 0 Å². The number of nitrogens with one attached hydrogen (secondary N) is 1. The lowest BCUT2D eigenvalue weighted by Crippen LogP contribution is -2.24. The fraction of sp³-hybridized carbons (Fsp3) is 0.235. The minimum Gasteiger partial charge on any atom is -0.497 e. The highest BCUT2D eigenvalue weighted by molar-refractivity contribution is 7.80. The summed E-state index contributed by atoms with van der Waals surface area (Å²) in [5, 5.41) is 3.30. The van der Waals surface area contributed by atoms with Gasteiger partial charge in [-0.1, -0.05) is 54.2 Å². The molecule has 0 atom stereocenters. The van der Waals surface area contributed by atoms with Gasteiger partial charge in [0.25, 0.3) is 0 Å². The Bertz CT molecular complexity index is 561. The van der Waals surface area contributed by atoms with Crippen molar-refractivity contribution in [2.75, 3.05) is 13.7 Å². The van der Waals surface area contributed by atoms with Gasteiger partial charge in [-0.3, -0.25) is 0 Å². The van der Waals surface area contributed by atoms with Crippen LogP contribution in [0.3, 0.4) is 0 Å². The van der Waals surface area contributed by atoms with Crippen LogP contribution in [0.4, 0.5) is 0 Å². The summed E-state index contributed by atoms with van der Waals surface area (Å²) < 4.78 is 5.14. The molecule has 0 heterocycles. The van der Waals surface area contributed by atoms with E-state index in [-0.39, 0.29) is 0 Å². The third-order valence-corrected chi connectivity index (χ3v) is 3.55. The van der Waals surface area contributed by atoms with Gasteiger partial charge in [0.15, 0.2) is 0 Å². The van der Waals surface area contributed by atoms with Crippen LogP contribution in [0.1, 0.15) is 16.7 Å². The standard InChI is InChI=1S/C17H19NOS/c1-13-3-7-15(8-4-13)17(20)18-12-11-14-5-9-16(19-2)10-6-14/h3-10H,11-12H2,1-2H3,(H,18,20). The summed E-state index contributed by atoms with van der Waals surface area (Å²) >= 11 is 5.39. The Hall–Kier alpha value is -1.87. The van der Waals surface area contributed by atoms with Crippen molar-refractivity contribution in [3.05, 3.63) is 65.2 Å². The van der Waals surface area contributed by atoms with Crippen LogP contribution in [-0.2, 0) is 6.42 Å². The topological polar surface area (TPSA) is 21.3 Å². The van der Waals surface area contributed by atoms with Crippen molar-refractivity contribution in [1.29, 1.82) is 0 Å². The fourth-order valence-electron chi connectivity index (χ4n) is 1.92. The van der Waals surface area contributed by atoms with Crippen LogP contribution in [0, 0.1) is 6.92 Å². The van der Waals surface area contributed by atoms with E-state index in [1.807, 2.05) is 12.1 Å². The number of ether oxygens (including phenoxy) is 1. The molecule has 0 saturated heterocycles. The second-order valence-corrected chi connectivity index (χ2v) is 5.13. The average Bonchev–Trinajstić information content (AvgIpc) is 2.48. The van der Waals surface area contributed by atoms with Crippen molar-refractivity contribution in [3.8, 4) is 5.75 Å². The van der Waals surface area contributed by atoms with Gasteiger partial charge in [-0.25, -0.2) is 0 Å². The van der Waals surface area contributed by atoms with Crippen molar-refractivity contribution in [3.63, 3.8) is 0 Å². The molecule has 104 valence electrons. The van der Waals surface area contributed by atoms with Crippen molar-refractivity contribution in [1.82, 2.24) is 5.32 Å². The first-order valence-corrected chi connectivity index (χ1v) is 7.07. The first kappa shape index (κ1) is 14.5. The number of hydrogen-bond acceptors (Lipinski definition) is 2. The Balaban J connectivity index is 1.82. The quantitative estimate of drug-likeness (QED) is 0.849. The molecule has 2 nitrogen and oxygen atoms in total. The first-order chi connectivity index (χ1) is 9.69. The van der Waals surface area contributed by atoms with Gasteiger partial charge in [0.1, 0.15) is 10.7 Å². The molecule has 0 saturated carbocycles. The Kier molecular flexibility index (Phi) is 5.13. The Morgan fingerprint density at radius 3 is 2.30 bits per heavy atom. The Morgan fingerprint density at radius 1 is 1.05 bits per heavy atom. The van der Waals surface area contributed by atoms with Crippen molar-refractivity contribution >= 4 is 17.2 Å². The van der Waals surface area contributed by atoms with Crippen LogP contribution in [-0.4, -0.2) is 18.6 Å². The normalized spacial score (nSPS) is 10.1. The lowest BCUT2D eigenvalue weighted by molar-refractivity contribution is 0.414. The second-order valence-electron chi connectivity index (χ2n) is 4.72. The number of rotatable bonds is 5. The maximum Gasteiger partial charge on any atom is 0.118 e. The zero-order valence-corrected chi connectivity index (χ0v) is 12.7. The van der Waals surface area contributed by atoms with Gasteiger partial charge in [-0.15, -0.1) is 0 Å². The molecule has 0 radical (unpaired) electrons. The summed E-state index contributed by atoms with van der Waals surface area (Å²) in [5.41, 5.74) is 3.58. The zero-order chi connectivity index (χ0) is 14.4. The maximum atomic E-state index is 5.39. The van der Waals surface area contributed by atoms with E-state index in [0.717, 1.165) is 29.3 Å². The molecule has 0 spiro atoms. The largest absolute Gasteiger partial charge is 0.497 e. The molecule has 0 unspecified atom stereocenters. The highest BCUT2D eigenvalue weighted by atomic mass is 32.1. The average molecular weight is 285 g/mol. The minimum absolute atomic E-state index is 0.804. The van der Waals surface area contributed by atoms with Crippen molar-refractivity contribution in [2.45, 2.75) is 13.3 Å². The Morgan fingerprint density at radius 2 is 1.70 bits per heavy atom. The van der Waals surface area contributed by atoms with Crippen LogP contribution in [0.15, 0.2) is 48.5 Å². The van der Waals surface area contributed by atoms with Crippen LogP contribution >= 0.6 is 12.2 Å². The predicted molar refractivity (Wildman–Crippen MR) is 87.6 cm³/mol. The van der Waals surface area contributed by atoms with Gasteiger partial charge >= 0.3 is 0 Å². The monoisotopic (exact) mass is 285 g/mol. The number of hydrogen-bond donors (Lipinski definition) is 1. The van der Waals surface area contributed by atoms with Crippen LogP contribution in [0.5, 0.6) is 5.75 Å². The molecule has 0 aliphatic carbocycles. The molecule has 2 aromatic carbocycles. The summed E-state index contributed by atoms with van der Waals surface area (Å²) in [6.07, 6.45) is 0.940.